The van der Waals surface area contributed by atoms with Gasteiger partial charge in [-0.2, -0.15) is 18.3 Å². The van der Waals surface area contributed by atoms with Crippen LogP contribution in [0.2, 0.25) is 0 Å². The minimum atomic E-state index is -4.63. The maximum atomic E-state index is 13.3. The fourth-order valence-corrected chi connectivity index (χ4v) is 2.49. The topological polar surface area (TPSA) is 64.3 Å². The molecule has 0 aliphatic heterocycles. The van der Waals surface area contributed by atoms with Crippen LogP contribution in [0.25, 0.3) is 11.3 Å². The van der Waals surface area contributed by atoms with Gasteiger partial charge in [0.1, 0.15) is 5.75 Å². The minimum absolute atomic E-state index is 0.0247. The number of benzene rings is 1. The number of rotatable bonds is 3. The number of halogens is 4. The molecule has 0 fully saturated rings. The zero-order chi connectivity index (χ0) is 16.7. The van der Waals surface area contributed by atoms with E-state index in [9.17, 15) is 18.0 Å². The number of methoxy groups -OCH3 is 1. The predicted octanol–water partition coefficient (Wildman–Crippen LogP) is 3.58. The molecular weight excluding hydrogens is 369 g/mol. The number of aryl methyl sites for hydroxylation is 1. The van der Waals surface area contributed by atoms with Gasteiger partial charge >= 0.3 is 12.1 Å². The van der Waals surface area contributed by atoms with E-state index >= 15 is 0 Å². The Bertz CT molecular complexity index is 741. The van der Waals surface area contributed by atoms with Crippen LogP contribution in [-0.4, -0.2) is 28.0 Å². The zero-order valence-corrected chi connectivity index (χ0v) is 13.0. The maximum absolute atomic E-state index is 13.3. The molecule has 2 rings (SSSR count). The van der Waals surface area contributed by atoms with E-state index in [1.165, 1.54) is 20.2 Å². The molecule has 0 bridgehead atoms. The Morgan fingerprint density at radius 1 is 1.36 bits per heavy atom. The fraction of sp³-hybridized carbons (Fsp3) is 0.231. The lowest BCUT2D eigenvalue weighted by atomic mass is 10.0. The molecule has 0 saturated heterocycles. The van der Waals surface area contributed by atoms with Crippen LogP contribution >= 0.6 is 15.9 Å². The average Bonchev–Trinajstić information content (AvgIpc) is 2.79. The van der Waals surface area contributed by atoms with Crippen LogP contribution in [-0.2, 0) is 13.2 Å². The van der Waals surface area contributed by atoms with Gasteiger partial charge in [-0.15, -0.1) is 0 Å². The number of aromatic nitrogens is 2. The van der Waals surface area contributed by atoms with Crippen molar-refractivity contribution in [3.8, 4) is 17.0 Å². The zero-order valence-electron chi connectivity index (χ0n) is 11.4. The van der Waals surface area contributed by atoms with Crippen LogP contribution in [0.1, 0.15) is 16.1 Å². The number of nitrogens with zero attached hydrogens (tertiary/aromatic N) is 2. The Balaban J connectivity index is 2.74. The number of carboxylic acids is 1. The summed E-state index contributed by atoms with van der Waals surface area (Å²) in [6.07, 6.45) is -4.63. The van der Waals surface area contributed by atoms with E-state index < -0.39 is 17.7 Å². The first-order chi connectivity index (χ1) is 10.1. The van der Waals surface area contributed by atoms with Crippen LogP contribution in [0.4, 0.5) is 13.2 Å². The molecule has 0 atom stereocenters. The number of carbonyl (C=O) groups is 1. The molecule has 0 aliphatic rings. The van der Waals surface area contributed by atoms with Crippen molar-refractivity contribution in [2.24, 2.45) is 7.05 Å². The average molecular weight is 379 g/mol. The normalized spacial score (nSPS) is 11.5. The lowest BCUT2D eigenvalue weighted by Gasteiger charge is -2.15. The summed E-state index contributed by atoms with van der Waals surface area (Å²) in [5, 5.41) is 12.6. The summed E-state index contributed by atoms with van der Waals surface area (Å²) >= 11 is 3.13. The number of hydrogen-bond donors (Lipinski definition) is 1. The molecule has 1 aromatic carbocycles. The second-order valence-electron chi connectivity index (χ2n) is 4.37. The largest absolute Gasteiger partial charge is 0.496 e. The first-order valence-corrected chi connectivity index (χ1v) is 6.67. The highest BCUT2D eigenvalue weighted by Gasteiger charge is 2.36. The van der Waals surface area contributed by atoms with E-state index in [4.69, 9.17) is 9.84 Å². The Hall–Kier alpha value is -2.03. The molecule has 22 heavy (non-hydrogen) atoms. The number of hydrogen-bond acceptors (Lipinski definition) is 3. The first-order valence-electron chi connectivity index (χ1n) is 5.87. The Morgan fingerprint density at radius 3 is 2.45 bits per heavy atom. The highest BCUT2D eigenvalue weighted by molar-refractivity contribution is 9.10. The second kappa shape index (κ2) is 5.64. The molecule has 118 valence electrons. The standard InChI is InChI=1S/C13H10BrF3N2O3/c1-19-10(5-9(18-19)12(20)21)6-3-8(14)11(22-2)4-7(6)13(15,16)17/h3-5H,1-2H3,(H,20,21). The van der Waals surface area contributed by atoms with Crippen LogP contribution in [0.3, 0.4) is 0 Å². The van der Waals surface area contributed by atoms with Gasteiger partial charge < -0.3 is 9.84 Å². The SMILES string of the molecule is COc1cc(C(F)(F)F)c(-c2cc(C(=O)O)nn2C)cc1Br. The maximum Gasteiger partial charge on any atom is 0.417 e. The van der Waals surface area contributed by atoms with Crippen molar-refractivity contribution in [1.29, 1.82) is 0 Å². The highest BCUT2D eigenvalue weighted by atomic mass is 79.9. The smallest absolute Gasteiger partial charge is 0.417 e. The fourth-order valence-electron chi connectivity index (χ4n) is 1.98. The number of alkyl halides is 3. The van der Waals surface area contributed by atoms with Crippen molar-refractivity contribution < 1.29 is 27.8 Å². The molecule has 1 aromatic heterocycles. The molecular formula is C13H10BrF3N2O3. The van der Waals surface area contributed by atoms with Crippen molar-refractivity contribution >= 4 is 21.9 Å². The van der Waals surface area contributed by atoms with Gasteiger partial charge in [0.25, 0.3) is 0 Å². The van der Waals surface area contributed by atoms with Gasteiger partial charge in [0.15, 0.2) is 5.69 Å². The van der Waals surface area contributed by atoms with Crippen molar-refractivity contribution in [1.82, 2.24) is 9.78 Å². The Morgan fingerprint density at radius 2 is 2.00 bits per heavy atom. The Kier molecular flexibility index (Phi) is 4.19. The minimum Gasteiger partial charge on any atom is -0.496 e. The first kappa shape index (κ1) is 16.3. The molecule has 0 aliphatic carbocycles. The van der Waals surface area contributed by atoms with Crippen LogP contribution in [0.5, 0.6) is 5.75 Å². The molecule has 2 aromatic rings. The van der Waals surface area contributed by atoms with Crippen molar-refractivity contribution in [3.63, 3.8) is 0 Å². The van der Waals surface area contributed by atoms with Crippen molar-refractivity contribution in [2.45, 2.75) is 6.18 Å². The van der Waals surface area contributed by atoms with Crippen LogP contribution < -0.4 is 4.74 Å². The van der Waals surface area contributed by atoms with E-state index in [1.54, 1.807) is 0 Å². The van der Waals surface area contributed by atoms with Gasteiger partial charge in [-0.3, -0.25) is 4.68 Å². The van der Waals surface area contributed by atoms with E-state index in [-0.39, 0.29) is 22.7 Å². The Labute approximate surface area is 131 Å². The van der Waals surface area contributed by atoms with Gasteiger partial charge in [0.2, 0.25) is 0 Å². The predicted molar refractivity (Wildman–Crippen MR) is 74.9 cm³/mol. The molecule has 0 spiro atoms. The molecule has 5 nitrogen and oxygen atoms in total. The van der Waals surface area contributed by atoms with Gasteiger partial charge in [-0.1, -0.05) is 0 Å². The second-order valence-corrected chi connectivity index (χ2v) is 5.23. The lowest BCUT2D eigenvalue weighted by molar-refractivity contribution is -0.137. The van der Waals surface area contributed by atoms with E-state index in [1.807, 2.05) is 0 Å². The van der Waals surface area contributed by atoms with Crippen LogP contribution in [0.15, 0.2) is 22.7 Å². The highest BCUT2D eigenvalue weighted by Crippen LogP contribution is 2.42. The number of aromatic carboxylic acids is 1. The monoisotopic (exact) mass is 378 g/mol. The van der Waals surface area contributed by atoms with Crippen LogP contribution in [0, 0.1) is 0 Å². The summed E-state index contributed by atoms with van der Waals surface area (Å²) < 4.78 is 46.1. The molecule has 1 N–H and O–H groups in total. The van der Waals surface area contributed by atoms with Gasteiger partial charge in [0.05, 0.1) is 22.8 Å². The number of ether oxygens (including phenoxy) is 1. The molecule has 9 heteroatoms. The summed E-state index contributed by atoms with van der Waals surface area (Å²) in [4.78, 5) is 10.9. The molecule has 0 amide bonds. The van der Waals surface area contributed by atoms with E-state index in [2.05, 4.69) is 21.0 Å². The molecule has 0 unspecified atom stereocenters. The van der Waals surface area contributed by atoms with E-state index in [0.717, 1.165) is 16.8 Å². The molecule has 0 saturated carbocycles. The molecule has 1 heterocycles. The van der Waals surface area contributed by atoms with Gasteiger partial charge in [-0.05, 0) is 34.1 Å². The summed E-state index contributed by atoms with van der Waals surface area (Å²) in [5.41, 5.74) is -1.43. The lowest BCUT2D eigenvalue weighted by Crippen LogP contribution is -2.09. The van der Waals surface area contributed by atoms with Gasteiger partial charge in [0, 0.05) is 12.6 Å². The summed E-state index contributed by atoms with van der Waals surface area (Å²) in [6.45, 7) is 0. The summed E-state index contributed by atoms with van der Waals surface area (Å²) in [6, 6.07) is 3.17. The quantitative estimate of drug-likeness (QED) is 0.886. The van der Waals surface area contributed by atoms with Crippen molar-refractivity contribution in [3.05, 3.63) is 33.9 Å². The third-order valence-electron chi connectivity index (χ3n) is 2.97. The molecule has 0 radical (unpaired) electrons. The summed E-state index contributed by atoms with van der Waals surface area (Å²) in [5.74, 6) is -1.29. The van der Waals surface area contributed by atoms with E-state index in [0.29, 0.717) is 4.47 Å². The third-order valence-corrected chi connectivity index (χ3v) is 3.59. The van der Waals surface area contributed by atoms with Gasteiger partial charge in [-0.25, -0.2) is 4.79 Å². The summed E-state index contributed by atoms with van der Waals surface area (Å²) in [7, 11) is 2.63. The van der Waals surface area contributed by atoms with Crippen molar-refractivity contribution in [2.75, 3.05) is 7.11 Å². The number of carboxylic acid groups (broad SMARTS) is 1. The third kappa shape index (κ3) is 2.94.